The molecule has 2 fully saturated rings. The number of anilines is 2. The number of nitriles is 1. The summed E-state index contributed by atoms with van der Waals surface area (Å²) in [6, 6.07) is 10.2. The van der Waals surface area contributed by atoms with Crippen molar-refractivity contribution in [1.82, 2.24) is 10.2 Å². The van der Waals surface area contributed by atoms with E-state index < -0.39 is 28.7 Å². The molecular weight excluding hydrogens is 543 g/mol. The Balaban J connectivity index is 1.58. The molecule has 0 saturated carbocycles. The van der Waals surface area contributed by atoms with Crippen LogP contribution < -0.4 is 19.9 Å². The fraction of sp³-hybridized carbons (Fsp3) is 0.464. The number of hydrogen-bond acceptors (Lipinski definition) is 7. The van der Waals surface area contributed by atoms with Gasteiger partial charge in [0, 0.05) is 37.9 Å². The van der Waals surface area contributed by atoms with Crippen molar-refractivity contribution in [3.8, 4) is 11.8 Å². The van der Waals surface area contributed by atoms with Crippen LogP contribution in [-0.4, -0.2) is 72.0 Å². The molecule has 2 aliphatic heterocycles. The molecule has 2 aromatic rings. The Bertz CT molecular complexity index is 1330. The van der Waals surface area contributed by atoms with Gasteiger partial charge in [0.05, 0.1) is 29.5 Å². The summed E-state index contributed by atoms with van der Waals surface area (Å²) in [5, 5.41) is 22.1. The minimum absolute atomic E-state index is 0.0392. The highest BCUT2D eigenvalue weighted by Gasteiger charge is 2.50. The van der Waals surface area contributed by atoms with Crippen LogP contribution >= 0.6 is 12.2 Å². The van der Waals surface area contributed by atoms with Crippen LogP contribution in [0.25, 0.3) is 0 Å². The molecule has 1 amide bonds. The smallest absolute Gasteiger partial charge is 0.417 e. The molecule has 40 heavy (non-hydrogen) atoms. The Morgan fingerprint density at radius 1 is 1.23 bits per heavy atom. The molecule has 2 heterocycles. The van der Waals surface area contributed by atoms with E-state index in [1.165, 1.54) is 6.07 Å². The van der Waals surface area contributed by atoms with E-state index in [2.05, 4.69) is 10.2 Å². The normalized spacial score (nSPS) is 19.7. The predicted molar refractivity (Wildman–Crippen MR) is 149 cm³/mol. The van der Waals surface area contributed by atoms with Crippen molar-refractivity contribution in [3.63, 3.8) is 0 Å². The zero-order valence-electron chi connectivity index (χ0n) is 22.6. The Morgan fingerprint density at radius 2 is 1.95 bits per heavy atom. The summed E-state index contributed by atoms with van der Waals surface area (Å²) in [6.45, 7) is 8.88. The fourth-order valence-corrected chi connectivity index (χ4v) is 5.65. The lowest BCUT2D eigenvalue weighted by molar-refractivity contribution is -0.137. The molecule has 0 aromatic heterocycles. The lowest BCUT2D eigenvalue weighted by atomic mass is 10.0. The number of carbonyl (C=O) groups is 1. The summed E-state index contributed by atoms with van der Waals surface area (Å²) in [4.78, 5) is 18.4. The van der Waals surface area contributed by atoms with E-state index in [0.29, 0.717) is 31.0 Å². The average molecular weight is 576 g/mol. The van der Waals surface area contributed by atoms with Crippen molar-refractivity contribution in [3.05, 3.63) is 53.1 Å². The number of nitrogens with one attached hydrogen (secondary N) is 1. The van der Waals surface area contributed by atoms with E-state index in [9.17, 15) is 23.1 Å². The molecule has 0 bridgehead atoms. The monoisotopic (exact) mass is 575 g/mol. The quantitative estimate of drug-likeness (QED) is 0.461. The molecule has 0 spiro atoms. The third kappa shape index (κ3) is 5.65. The Kier molecular flexibility index (Phi) is 8.70. The lowest BCUT2D eigenvalue weighted by Gasteiger charge is -2.35. The number of benzene rings is 2. The topological polar surface area (TPSA) is 92.1 Å². The first kappa shape index (κ1) is 29.7. The van der Waals surface area contributed by atoms with Gasteiger partial charge < -0.3 is 20.1 Å². The van der Waals surface area contributed by atoms with Crippen molar-refractivity contribution < 1.29 is 27.8 Å². The molecule has 0 unspecified atom stereocenters. The van der Waals surface area contributed by atoms with E-state index in [0.717, 1.165) is 42.2 Å². The van der Waals surface area contributed by atoms with Gasteiger partial charge in [-0.15, -0.1) is 0 Å². The van der Waals surface area contributed by atoms with Crippen LogP contribution in [0.2, 0.25) is 0 Å². The number of halogens is 3. The summed E-state index contributed by atoms with van der Waals surface area (Å²) >= 11 is 5.65. The number of thiocarbonyl (C=S) groups is 1. The highest BCUT2D eigenvalue weighted by Crippen LogP contribution is 2.40. The number of ether oxygens (including phenoxy) is 1. The van der Waals surface area contributed by atoms with E-state index in [4.69, 9.17) is 22.2 Å². The number of aliphatic hydroxyl groups is 1. The average Bonchev–Trinajstić information content (AvgIpc) is 3.11. The van der Waals surface area contributed by atoms with Crippen molar-refractivity contribution >= 4 is 34.6 Å². The highest BCUT2D eigenvalue weighted by atomic mass is 32.1. The zero-order valence-corrected chi connectivity index (χ0v) is 23.4. The van der Waals surface area contributed by atoms with Gasteiger partial charge in [-0.3, -0.25) is 14.6 Å². The minimum atomic E-state index is -4.77. The largest absolute Gasteiger partial charge is 0.492 e. The second kappa shape index (κ2) is 11.7. The number of aryl methyl sites for hydroxylation is 1. The van der Waals surface area contributed by atoms with Crippen molar-refractivity contribution in [1.29, 1.82) is 5.26 Å². The molecular formula is C28H32F3N5O3S. The standard InChI is InChI=1S/C28H32F3N5O3S/c1-4-18-13-21(7-8-24(18)39-12-11-34-10-9-33-16-22(34)17-37)36-26(40)35(25(38)27(36,2)3)20-6-5-19(15-32)23(14-20)28(29,30)31/h5-8,13-14,22,33,37H,4,9-12,16-17H2,1-3H3/t22-/m1/s1. The molecule has 8 nitrogen and oxygen atoms in total. The van der Waals surface area contributed by atoms with Crippen LogP contribution in [-0.2, 0) is 17.4 Å². The van der Waals surface area contributed by atoms with Gasteiger partial charge in [0.2, 0.25) is 0 Å². The molecule has 2 N–H and O–H groups in total. The Hall–Kier alpha value is -3.24. The van der Waals surface area contributed by atoms with Gasteiger partial charge in [0.1, 0.15) is 17.9 Å². The maximum absolute atomic E-state index is 13.6. The summed E-state index contributed by atoms with van der Waals surface area (Å²) in [5.41, 5.74) is -1.39. The number of rotatable bonds is 8. The fourth-order valence-electron chi connectivity index (χ4n) is 5.13. The van der Waals surface area contributed by atoms with Gasteiger partial charge in [-0.1, -0.05) is 6.92 Å². The van der Waals surface area contributed by atoms with Gasteiger partial charge >= 0.3 is 6.18 Å². The molecule has 2 aliphatic rings. The number of alkyl halides is 3. The van der Waals surface area contributed by atoms with E-state index in [1.54, 1.807) is 30.9 Å². The third-order valence-corrected chi connectivity index (χ3v) is 7.72. The number of amides is 1. The van der Waals surface area contributed by atoms with E-state index >= 15 is 0 Å². The lowest BCUT2D eigenvalue weighted by Crippen LogP contribution is -2.53. The molecule has 1 atom stereocenters. The number of piperazine rings is 1. The molecule has 4 rings (SSSR count). The second-order valence-electron chi connectivity index (χ2n) is 10.2. The summed E-state index contributed by atoms with van der Waals surface area (Å²) < 4.78 is 46.9. The molecule has 0 aliphatic carbocycles. The molecule has 2 aromatic carbocycles. The maximum atomic E-state index is 13.6. The number of aliphatic hydroxyl groups excluding tert-OH is 1. The van der Waals surface area contributed by atoms with Gasteiger partial charge in [-0.05, 0) is 74.4 Å². The summed E-state index contributed by atoms with van der Waals surface area (Å²) in [5.74, 6) is 0.207. The molecule has 214 valence electrons. The maximum Gasteiger partial charge on any atom is 0.417 e. The summed E-state index contributed by atoms with van der Waals surface area (Å²) in [7, 11) is 0. The van der Waals surface area contributed by atoms with Crippen LogP contribution in [0.3, 0.4) is 0 Å². The molecule has 2 saturated heterocycles. The van der Waals surface area contributed by atoms with Crippen LogP contribution in [0.4, 0.5) is 24.5 Å². The minimum Gasteiger partial charge on any atom is -0.492 e. The first-order valence-electron chi connectivity index (χ1n) is 13.1. The van der Waals surface area contributed by atoms with Crippen molar-refractivity contribution in [2.45, 2.75) is 44.9 Å². The first-order valence-corrected chi connectivity index (χ1v) is 13.5. The van der Waals surface area contributed by atoms with Crippen molar-refractivity contribution in [2.24, 2.45) is 0 Å². The first-order chi connectivity index (χ1) is 18.9. The molecule has 12 heteroatoms. The number of carbonyl (C=O) groups excluding carboxylic acids is 1. The number of hydrogen-bond donors (Lipinski definition) is 2. The van der Waals surface area contributed by atoms with E-state index in [-0.39, 0.29) is 23.4 Å². The van der Waals surface area contributed by atoms with Crippen molar-refractivity contribution in [2.75, 3.05) is 49.2 Å². The Morgan fingerprint density at radius 3 is 2.60 bits per heavy atom. The Labute approximate surface area is 236 Å². The van der Waals surface area contributed by atoms with Crippen LogP contribution in [0.15, 0.2) is 36.4 Å². The second-order valence-corrected chi connectivity index (χ2v) is 10.6. The third-order valence-electron chi connectivity index (χ3n) is 7.36. The molecule has 0 radical (unpaired) electrons. The van der Waals surface area contributed by atoms with Gasteiger partial charge in [-0.25, -0.2) is 0 Å². The van der Waals surface area contributed by atoms with Crippen LogP contribution in [0.5, 0.6) is 5.75 Å². The zero-order chi connectivity index (χ0) is 29.2. The van der Waals surface area contributed by atoms with Gasteiger partial charge in [0.25, 0.3) is 5.91 Å². The van der Waals surface area contributed by atoms with E-state index in [1.807, 2.05) is 19.1 Å². The van der Waals surface area contributed by atoms with Gasteiger partial charge in [-0.2, -0.15) is 18.4 Å². The van der Waals surface area contributed by atoms with Gasteiger partial charge in [0.15, 0.2) is 5.11 Å². The highest BCUT2D eigenvalue weighted by molar-refractivity contribution is 7.81. The van der Waals surface area contributed by atoms with Crippen LogP contribution in [0, 0.1) is 11.3 Å². The predicted octanol–water partition coefficient (Wildman–Crippen LogP) is 3.70. The number of nitrogens with zero attached hydrogens (tertiary/aromatic N) is 4. The SMILES string of the molecule is CCc1cc(N2C(=S)N(c3ccc(C#N)c(C(F)(F)F)c3)C(=O)C2(C)C)ccc1OCCN1CCNC[C@@H]1CO. The van der Waals surface area contributed by atoms with Crippen LogP contribution in [0.1, 0.15) is 37.5 Å². The summed E-state index contributed by atoms with van der Waals surface area (Å²) in [6.07, 6.45) is -4.13.